The third kappa shape index (κ3) is 3.92. The van der Waals surface area contributed by atoms with E-state index in [1.807, 2.05) is 6.19 Å². The second-order valence-electron chi connectivity index (χ2n) is 4.76. The number of rotatable bonds is 2. The van der Waals surface area contributed by atoms with Crippen molar-refractivity contribution in [1.82, 2.24) is 4.90 Å². The summed E-state index contributed by atoms with van der Waals surface area (Å²) >= 11 is 5.51. The van der Waals surface area contributed by atoms with Gasteiger partial charge in [0, 0.05) is 24.9 Å². The molecule has 1 heterocycles. The molecule has 0 saturated carbocycles. The van der Waals surface area contributed by atoms with Gasteiger partial charge in [0.05, 0.1) is 10.6 Å². The number of hydrogen-bond donors (Lipinski definition) is 1. The molecule has 116 valence electrons. The average Bonchev–Trinajstić information content (AvgIpc) is 2.87. The molecule has 1 aromatic rings. The van der Waals surface area contributed by atoms with Crippen LogP contribution in [0.4, 0.5) is 18.9 Å². The lowest BCUT2D eigenvalue weighted by Crippen LogP contribution is -2.13. The number of halogens is 4. The average molecular weight is 330 g/mol. The number of benzene rings is 1. The normalized spacial score (nSPS) is 16.7. The number of nitrogens with zero attached hydrogens (tertiary/aromatic N) is 2. The highest BCUT2D eigenvalue weighted by Crippen LogP contribution is 2.36. The minimum absolute atomic E-state index is 0.00807. The van der Waals surface area contributed by atoms with Crippen LogP contribution in [0, 0.1) is 11.5 Å². The van der Waals surface area contributed by atoms with Crippen molar-refractivity contribution >= 4 is 23.2 Å². The highest BCUT2D eigenvalue weighted by molar-refractivity contribution is 6.31. The molecular weight excluding hydrogens is 319 g/mol. The Hall–Kier alpha value is -2.20. The fraction of sp³-hybridized carbons (Fsp3) is 0.286. The lowest BCUT2D eigenvalue weighted by atomic mass is 10.2. The van der Waals surface area contributed by atoms with Gasteiger partial charge in [-0.2, -0.15) is 18.4 Å². The molecule has 1 aliphatic rings. The smallest absolute Gasteiger partial charge is 0.322 e. The quantitative estimate of drug-likeness (QED) is 0.668. The Morgan fingerprint density at radius 1 is 1.45 bits per heavy atom. The van der Waals surface area contributed by atoms with Gasteiger partial charge in [0.2, 0.25) is 5.91 Å². The van der Waals surface area contributed by atoms with Gasteiger partial charge in [0.1, 0.15) is 0 Å². The van der Waals surface area contributed by atoms with Gasteiger partial charge < -0.3 is 10.2 Å². The van der Waals surface area contributed by atoms with Crippen molar-refractivity contribution in [2.45, 2.75) is 12.6 Å². The monoisotopic (exact) mass is 329 g/mol. The number of carbonyl (C=O) groups excluding carboxylic acids is 1. The van der Waals surface area contributed by atoms with Crippen LogP contribution >= 0.6 is 11.6 Å². The summed E-state index contributed by atoms with van der Waals surface area (Å²) in [6, 6.07) is 3.17. The maximum absolute atomic E-state index is 12.7. The van der Waals surface area contributed by atoms with E-state index < -0.39 is 22.7 Å². The van der Waals surface area contributed by atoms with E-state index in [0.717, 1.165) is 17.7 Å². The summed E-state index contributed by atoms with van der Waals surface area (Å²) in [5.74, 6) is -0.537. The first-order chi connectivity index (χ1) is 10.3. The van der Waals surface area contributed by atoms with Crippen molar-refractivity contribution < 1.29 is 18.0 Å². The van der Waals surface area contributed by atoms with Crippen LogP contribution in [0.15, 0.2) is 29.8 Å². The second kappa shape index (κ2) is 6.28. The Morgan fingerprint density at radius 2 is 2.18 bits per heavy atom. The molecule has 1 amide bonds. The highest BCUT2D eigenvalue weighted by Gasteiger charge is 2.33. The maximum atomic E-state index is 12.7. The van der Waals surface area contributed by atoms with Gasteiger partial charge in [0.25, 0.3) is 0 Å². The van der Waals surface area contributed by atoms with Crippen molar-refractivity contribution in [2.24, 2.45) is 0 Å². The van der Waals surface area contributed by atoms with Crippen LogP contribution in [-0.2, 0) is 11.0 Å². The van der Waals surface area contributed by atoms with E-state index in [1.54, 1.807) is 0 Å². The first-order valence-corrected chi connectivity index (χ1v) is 6.69. The highest BCUT2D eigenvalue weighted by atomic mass is 35.5. The molecule has 4 nitrogen and oxygen atoms in total. The number of carbonyl (C=O) groups is 1. The topological polar surface area (TPSA) is 56.1 Å². The first kappa shape index (κ1) is 16.2. The fourth-order valence-corrected chi connectivity index (χ4v) is 2.29. The minimum Gasteiger partial charge on any atom is -0.322 e. The zero-order chi connectivity index (χ0) is 16.3. The lowest BCUT2D eigenvalue weighted by molar-refractivity contribution is -0.137. The van der Waals surface area contributed by atoms with Gasteiger partial charge in [0.15, 0.2) is 6.19 Å². The van der Waals surface area contributed by atoms with Gasteiger partial charge in [-0.05, 0) is 30.2 Å². The Labute approximate surface area is 129 Å². The van der Waals surface area contributed by atoms with Crippen molar-refractivity contribution in [3.8, 4) is 6.19 Å². The molecule has 1 saturated heterocycles. The van der Waals surface area contributed by atoms with Crippen LogP contribution < -0.4 is 5.32 Å². The molecule has 22 heavy (non-hydrogen) atoms. The summed E-state index contributed by atoms with van der Waals surface area (Å²) in [6.07, 6.45) is -0.736. The number of nitriles is 1. The largest absolute Gasteiger partial charge is 0.417 e. The molecule has 0 spiro atoms. The zero-order valence-electron chi connectivity index (χ0n) is 11.2. The molecule has 8 heteroatoms. The molecule has 0 radical (unpaired) electrons. The predicted molar refractivity (Wildman–Crippen MR) is 75.0 cm³/mol. The number of anilines is 1. The van der Waals surface area contributed by atoms with Crippen molar-refractivity contribution in [2.75, 3.05) is 18.4 Å². The van der Waals surface area contributed by atoms with Gasteiger partial charge >= 0.3 is 6.18 Å². The second-order valence-corrected chi connectivity index (χ2v) is 5.16. The zero-order valence-corrected chi connectivity index (χ0v) is 12.0. The molecule has 1 aliphatic heterocycles. The predicted octanol–water partition coefficient (Wildman–Crippen LogP) is 3.41. The molecule has 1 fully saturated rings. The molecule has 1 N–H and O–H groups in total. The van der Waals surface area contributed by atoms with E-state index in [2.05, 4.69) is 5.32 Å². The molecule has 0 aromatic heterocycles. The van der Waals surface area contributed by atoms with Crippen LogP contribution in [0.3, 0.4) is 0 Å². The summed E-state index contributed by atoms with van der Waals surface area (Å²) in [6.45, 7) is 0.896. The van der Waals surface area contributed by atoms with Gasteiger partial charge in [-0.25, -0.2) is 0 Å². The van der Waals surface area contributed by atoms with E-state index in [0.29, 0.717) is 19.5 Å². The number of amides is 1. The van der Waals surface area contributed by atoms with E-state index in [1.165, 1.54) is 17.0 Å². The van der Waals surface area contributed by atoms with E-state index in [-0.39, 0.29) is 5.69 Å². The molecule has 0 aliphatic carbocycles. The molecule has 0 atom stereocenters. The van der Waals surface area contributed by atoms with Crippen molar-refractivity contribution in [1.29, 1.82) is 5.26 Å². The van der Waals surface area contributed by atoms with Crippen LogP contribution in [0.1, 0.15) is 12.0 Å². The molecule has 0 bridgehead atoms. The Bertz CT molecular complexity index is 664. The van der Waals surface area contributed by atoms with Gasteiger partial charge in [-0.3, -0.25) is 4.79 Å². The molecular formula is C14H11ClF3N3O. The van der Waals surface area contributed by atoms with Crippen LogP contribution in [-0.4, -0.2) is 23.9 Å². The Balaban J connectivity index is 2.10. The lowest BCUT2D eigenvalue weighted by Gasteiger charge is -2.11. The standard InChI is InChI=1S/C14H11ClF3N3O/c15-12-2-1-10(6-11(12)14(16,17)18)20-13(22)5-9-3-4-21(7-9)8-19/h1-2,5-6H,3-4,7H2,(H,20,22)/b9-5-. The minimum atomic E-state index is -4.59. The molecule has 1 aromatic carbocycles. The first-order valence-electron chi connectivity index (χ1n) is 6.31. The summed E-state index contributed by atoms with van der Waals surface area (Å²) in [4.78, 5) is 13.3. The van der Waals surface area contributed by atoms with Crippen molar-refractivity contribution in [3.05, 3.63) is 40.4 Å². The maximum Gasteiger partial charge on any atom is 0.417 e. The van der Waals surface area contributed by atoms with Crippen LogP contribution in [0.2, 0.25) is 5.02 Å². The summed E-state index contributed by atoms with van der Waals surface area (Å²) in [5.41, 5.74) is -0.242. The fourth-order valence-electron chi connectivity index (χ4n) is 2.07. The molecule has 2 rings (SSSR count). The van der Waals surface area contributed by atoms with E-state index in [9.17, 15) is 18.0 Å². The van der Waals surface area contributed by atoms with E-state index in [4.69, 9.17) is 16.9 Å². The Morgan fingerprint density at radius 3 is 2.77 bits per heavy atom. The van der Waals surface area contributed by atoms with Crippen LogP contribution in [0.5, 0.6) is 0 Å². The van der Waals surface area contributed by atoms with Gasteiger partial charge in [-0.15, -0.1) is 0 Å². The number of likely N-dealkylation sites (tertiary alicyclic amines) is 1. The third-order valence-corrected chi connectivity index (χ3v) is 3.44. The van der Waals surface area contributed by atoms with E-state index >= 15 is 0 Å². The summed E-state index contributed by atoms with van der Waals surface area (Å²) < 4.78 is 38.2. The van der Waals surface area contributed by atoms with Crippen molar-refractivity contribution in [3.63, 3.8) is 0 Å². The Kier molecular flexibility index (Phi) is 4.62. The molecule has 0 unspecified atom stereocenters. The summed E-state index contributed by atoms with van der Waals surface area (Å²) in [5, 5.41) is 10.7. The van der Waals surface area contributed by atoms with Gasteiger partial charge in [-0.1, -0.05) is 11.6 Å². The number of nitrogens with one attached hydrogen (secondary N) is 1. The van der Waals surface area contributed by atoms with Crippen LogP contribution in [0.25, 0.3) is 0 Å². The summed E-state index contributed by atoms with van der Waals surface area (Å²) in [7, 11) is 0. The number of hydrogen-bond acceptors (Lipinski definition) is 3. The third-order valence-electron chi connectivity index (χ3n) is 3.11. The number of alkyl halides is 3. The SMILES string of the molecule is N#CN1CC/C(=C/C(=O)Nc2ccc(Cl)c(C(F)(F)F)c2)C1.